The minimum atomic E-state index is -0.568. The molecule has 1 aromatic heterocycles. The van der Waals surface area contributed by atoms with E-state index in [9.17, 15) is 5.11 Å². The lowest BCUT2D eigenvalue weighted by Gasteiger charge is -2.46. The lowest BCUT2D eigenvalue weighted by molar-refractivity contribution is -0.174. The summed E-state index contributed by atoms with van der Waals surface area (Å²) in [5.41, 5.74) is 2.27. The summed E-state index contributed by atoms with van der Waals surface area (Å²) in [7, 11) is 1.58. The van der Waals surface area contributed by atoms with Gasteiger partial charge in [-0.25, -0.2) is 0 Å². The van der Waals surface area contributed by atoms with Crippen LogP contribution in [0.2, 0.25) is 0 Å². The zero-order valence-electron chi connectivity index (χ0n) is 14.0. The van der Waals surface area contributed by atoms with Gasteiger partial charge in [-0.2, -0.15) is 5.17 Å². The van der Waals surface area contributed by atoms with E-state index >= 15 is 0 Å². The lowest BCUT2D eigenvalue weighted by Crippen LogP contribution is -2.61. The highest BCUT2D eigenvalue weighted by Gasteiger charge is 2.58. The molecule has 7 heteroatoms. The number of allylic oxidation sites excluding steroid dienone is 2. The van der Waals surface area contributed by atoms with Crippen molar-refractivity contribution < 1.29 is 9.94 Å². The number of aromatic nitrogens is 1. The first-order chi connectivity index (χ1) is 11.6. The molecule has 2 N–H and O–H groups in total. The van der Waals surface area contributed by atoms with Gasteiger partial charge in [0, 0.05) is 12.4 Å². The second-order valence-electron chi connectivity index (χ2n) is 6.34. The van der Waals surface area contributed by atoms with Crippen LogP contribution in [0.25, 0.3) is 0 Å². The molecular formula is C17H21N5O2. The molecule has 7 nitrogen and oxygen atoms in total. The van der Waals surface area contributed by atoms with E-state index in [2.05, 4.69) is 40.2 Å². The molecule has 0 radical (unpaired) electrons. The van der Waals surface area contributed by atoms with E-state index in [0.29, 0.717) is 12.4 Å². The number of aliphatic hydroxyl groups is 1. The van der Waals surface area contributed by atoms with E-state index in [1.165, 1.54) is 5.17 Å². The van der Waals surface area contributed by atoms with Gasteiger partial charge in [-0.15, -0.1) is 5.10 Å². The number of hydrazone groups is 1. The zero-order valence-corrected chi connectivity index (χ0v) is 14.0. The Morgan fingerprint density at radius 2 is 2.29 bits per heavy atom. The molecule has 4 rings (SSSR count). The predicted octanol–water partition coefficient (Wildman–Crippen LogP) is 1.62. The number of nitrogens with zero attached hydrogens (tertiary/aromatic N) is 4. The maximum Gasteiger partial charge on any atom is 0.141 e. The van der Waals surface area contributed by atoms with E-state index in [-0.39, 0.29) is 18.0 Å². The van der Waals surface area contributed by atoms with Crippen molar-refractivity contribution in [3.63, 3.8) is 0 Å². The van der Waals surface area contributed by atoms with Crippen LogP contribution in [0.3, 0.4) is 0 Å². The molecular weight excluding hydrogens is 306 g/mol. The van der Waals surface area contributed by atoms with Gasteiger partial charge in [-0.1, -0.05) is 12.2 Å². The molecule has 3 atom stereocenters. The van der Waals surface area contributed by atoms with Crippen LogP contribution in [0, 0.1) is 6.92 Å². The Morgan fingerprint density at radius 3 is 3.04 bits per heavy atom. The quantitative estimate of drug-likeness (QED) is 0.860. The standard InChI is InChI=1S/C17H21N5O2/c1-11-6-8-18-9-13(11)15-17-7-4-5-14(23)16(17)20-22(24-3)10-21(17)12(2)19-15/h4-9,12,15,19,23H,10H2,1-3H3. The van der Waals surface area contributed by atoms with Gasteiger partial charge >= 0.3 is 0 Å². The molecule has 0 aromatic carbocycles. The summed E-state index contributed by atoms with van der Waals surface area (Å²) < 4.78 is 0. The number of pyridine rings is 1. The number of hydrogen-bond donors (Lipinski definition) is 2. The maximum atomic E-state index is 10.5. The molecule has 0 amide bonds. The molecule has 3 unspecified atom stereocenters. The average Bonchev–Trinajstić information content (AvgIpc) is 2.86. The number of aliphatic hydroxyl groups excluding tert-OH is 1. The van der Waals surface area contributed by atoms with Gasteiger partial charge in [0.2, 0.25) is 0 Å². The highest BCUT2D eigenvalue weighted by atomic mass is 16.7. The summed E-state index contributed by atoms with van der Waals surface area (Å²) >= 11 is 0. The van der Waals surface area contributed by atoms with Crippen LogP contribution in [0.15, 0.2) is 47.5 Å². The van der Waals surface area contributed by atoms with Gasteiger partial charge in [-0.3, -0.25) is 20.0 Å². The first kappa shape index (κ1) is 15.3. The van der Waals surface area contributed by atoms with Crippen molar-refractivity contribution in [2.24, 2.45) is 5.10 Å². The molecule has 1 fully saturated rings. The van der Waals surface area contributed by atoms with E-state index in [4.69, 9.17) is 4.84 Å². The van der Waals surface area contributed by atoms with Crippen molar-refractivity contribution in [3.05, 3.63) is 53.6 Å². The molecule has 3 heterocycles. The summed E-state index contributed by atoms with van der Waals surface area (Å²) in [4.78, 5) is 11.9. The highest BCUT2D eigenvalue weighted by molar-refractivity contribution is 6.09. The molecule has 2 aliphatic heterocycles. The van der Waals surface area contributed by atoms with Gasteiger partial charge in [0.15, 0.2) is 0 Å². The molecule has 1 aromatic rings. The minimum Gasteiger partial charge on any atom is -0.506 e. The third-order valence-electron chi connectivity index (χ3n) is 5.10. The van der Waals surface area contributed by atoms with Crippen molar-refractivity contribution in [1.29, 1.82) is 0 Å². The molecule has 0 saturated carbocycles. The highest BCUT2D eigenvalue weighted by Crippen LogP contribution is 2.46. The topological polar surface area (TPSA) is 73.2 Å². The Labute approximate surface area is 140 Å². The monoisotopic (exact) mass is 327 g/mol. The lowest BCUT2D eigenvalue weighted by atomic mass is 9.77. The maximum absolute atomic E-state index is 10.5. The molecule has 3 aliphatic rings. The number of nitrogens with one attached hydrogen (secondary N) is 1. The summed E-state index contributed by atoms with van der Waals surface area (Å²) in [5, 5.41) is 20.2. The molecule has 0 bridgehead atoms. The Kier molecular flexibility index (Phi) is 3.45. The number of aryl methyl sites for hydroxylation is 1. The smallest absolute Gasteiger partial charge is 0.141 e. The minimum absolute atomic E-state index is 0.0638. The third-order valence-corrected chi connectivity index (χ3v) is 5.10. The van der Waals surface area contributed by atoms with Crippen LogP contribution in [-0.2, 0) is 4.84 Å². The van der Waals surface area contributed by atoms with Crippen LogP contribution in [0.5, 0.6) is 0 Å². The van der Waals surface area contributed by atoms with Crippen LogP contribution >= 0.6 is 0 Å². The third kappa shape index (κ3) is 1.95. The fourth-order valence-electron chi connectivity index (χ4n) is 3.91. The van der Waals surface area contributed by atoms with Gasteiger partial charge in [0.1, 0.15) is 23.7 Å². The van der Waals surface area contributed by atoms with E-state index < -0.39 is 5.54 Å². The number of rotatable bonds is 2. The molecule has 1 aliphatic carbocycles. The van der Waals surface area contributed by atoms with Crippen molar-refractivity contribution in [2.45, 2.75) is 31.6 Å². The largest absolute Gasteiger partial charge is 0.506 e. The van der Waals surface area contributed by atoms with Crippen molar-refractivity contribution in [2.75, 3.05) is 13.8 Å². The second kappa shape index (κ2) is 5.41. The zero-order chi connectivity index (χ0) is 16.9. The number of hydrogen-bond acceptors (Lipinski definition) is 7. The van der Waals surface area contributed by atoms with Gasteiger partial charge in [0.25, 0.3) is 0 Å². The summed E-state index contributed by atoms with van der Waals surface area (Å²) in [5.74, 6) is 0.159. The average molecular weight is 327 g/mol. The fourth-order valence-corrected chi connectivity index (χ4v) is 3.91. The Hall–Kier alpha value is -2.22. The summed E-state index contributed by atoms with van der Waals surface area (Å²) in [6.45, 7) is 4.68. The normalized spacial score (nSPS) is 32.2. The first-order valence-corrected chi connectivity index (χ1v) is 8.01. The van der Waals surface area contributed by atoms with Gasteiger partial charge in [0.05, 0.1) is 19.3 Å². The molecule has 1 saturated heterocycles. The van der Waals surface area contributed by atoms with Crippen LogP contribution in [-0.4, -0.2) is 51.4 Å². The molecule has 126 valence electrons. The van der Waals surface area contributed by atoms with Crippen LogP contribution < -0.4 is 5.32 Å². The SMILES string of the molecule is CON1CN2C(C)NC(c3cnccc3C)C23C=CC=C(O)C3=N1. The van der Waals surface area contributed by atoms with Crippen molar-refractivity contribution in [3.8, 4) is 0 Å². The van der Waals surface area contributed by atoms with E-state index in [0.717, 1.165) is 11.1 Å². The summed E-state index contributed by atoms with van der Waals surface area (Å²) in [6, 6.07) is 1.94. The Morgan fingerprint density at radius 1 is 1.46 bits per heavy atom. The van der Waals surface area contributed by atoms with Crippen LogP contribution in [0.1, 0.15) is 24.1 Å². The van der Waals surface area contributed by atoms with Gasteiger partial charge < -0.3 is 5.11 Å². The molecule has 24 heavy (non-hydrogen) atoms. The Balaban J connectivity index is 1.91. The predicted molar refractivity (Wildman–Crippen MR) is 89.9 cm³/mol. The second-order valence-corrected chi connectivity index (χ2v) is 6.34. The first-order valence-electron chi connectivity index (χ1n) is 8.01. The van der Waals surface area contributed by atoms with E-state index in [1.807, 2.05) is 18.3 Å². The molecule has 1 spiro atoms. The van der Waals surface area contributed by atoms with Crippen molar-refractivity contribution in [1.82, 2.24) is 20.4 Å². The van der Waals surface area contributed by atoms with Crippen LogP contribution in [0.4, 0.5) is 0 Å². The van der Waals surface area contributed by atoms with E-state index in [1.54, 1.807) is 19.4 Å². The van der Waals surface area contributed by atoms with Gasteiger partial charge in [-0.05, 0) is 37.1 Å². The van der Waals surface area contributed by atoms with Crippen molar-refractivity contribution >= 4 is 5.71 Å². The Bertz CT molecular complexity index is 759. The number of hydroxylamine groups is 1. The summed E-state index contributed by atoms with van der Waals surface area (Å²) in [6.07, 6.45) is 9.42. The fraction of sp³-hybridized carbons (Fsp3) is 0.412.